The summed E-state index contributed by atoms with van der Waals surface area (Å²) in [7, 11) is 0. The zero-order valence-corrected chi connectivity index (χ0v) is 9.07. The molecule has 1 unspecified atom stereocenters. The minimum absolute atomic E-state index is 0.215. The van der Waals surface area contributed by atoms with Crippen LogP contribution in [0.1, 0.15) is 18.9 Å². The Morgan fingerprint density at radius 2 is 2.08 bits per heavy atom. The molecule has 0 heterocycles. The monoisotopic (exact) mass is 217 g/mol. The molecule has 0 saturated heterocycles. The summed E-state index contributed by atoms with van der Waals surface area (Å²) in [6.07, 6.45) is 1.86. The van der Waals surface area contributed by atoms with Gasteiger partial charge in [0.15, 0.2) is 0 Å². The van der Waals surface area contributed by atoms with Crippen molar-refractivity contribution in [3.63, 3.8) is 0 Å². The van der Waals surface area contributed by atoms with E-state index in [1.165, 1.54) is 0 Å². The third-order valence-electron chi connectivity index (χ3n) is 1.88. The molecule has 0 fully saturated rings. The highest BCUT2D eigenvalue weighted by molar-refractivity contribution is 6.35. The van der Waals surface area contributed by atoms with E-state index >= 15 is 0 Å². The van der Waals surface area contributed by atoms with Crippen LogP contribution in [0.3, 0.4) is 0 Å². The summed E-state index contributed by atoms with van der Waals surface area (Å²) in [6, 6.07) is 5.78. The van der Waals surface area contributed by atoms with Gasteiger partial charge in [-0.05, 0) is 37.5 Å². The number of rotatable bonds is 3. The van der Waals surface area contributed by atoms with Crippen molar-refractivity contribution in [2.24, 2.45) is 5.73 Å². The third kappa shape index (κ3) is 3.55. The van der Waals surface area contributed by atoms with Crippen LogP contribution in [0.15, 0.2) is 18.2 Å². The molecule has 1 nitrogen and oxygen atoms in total. The maximum atomic E-state index is 5.99. The fourth-order valence-electron chi connectivity index (χ4n) is 1.11. The minimum Gasteiger partial charge on any atom is -0.328 e. The van der Waals surface area contributed by atoms with Gasteiger partial charge in [0.1, 0.15) is 0 Å². The Hall–Kier alpha value is -0.240. The second-order valence-electron chi connectivity index (χ2n) is 3.25. The molecule has 2 N–H and O–H groups in total. The van der Waals surface area contributed by atoms with Gasteiger partial charge in [-0.1, -0.05) is 29.3 Å². The lowest BCUT2D eigenvalue weighted by atomic mass is 10.1. The lowest BCUT2D eigenvalue weighted by Crippen LogP contribution is -2.15. The molecule has 0 aromatic heterocycles. The van der Waals surface area contributed by atoms with E-state index in [0.29, 0.717) is 5.02 Å². The highest BCUT2D eigenvalue weighted by atomic mass is 35.5. The standard InChI is InChI=1S/C10H13Cl2N/c1-7(13)2-3-8-4-5-9(11)6-10(8)12/h4-7H,2-3,13H2,1H3. The maximum absolute atomic E-state index is 5.99. The highest BCUT2D eigenvalue weighted by Gasteiger charge is 2.02. The van der Waals surface area contributed by atoms with Crippen LogP contribution < -0.4 is 5.73 Å². The Morgan fingerprint density at radius 1 is 1.38 bits per heavy atom. The molecule has 13 heavy (non-hydrogen) atoms. The zero-order chi connectivity index (χ0) is 9.84. The molecule has 0 bridgehead atoms. The van der Waals surface area contributed by atoms with Gasteiger partial charge in [-0.3, -0.25) is 0 Å². The van der Waals surface area contributed by atoms with Gasteiger partial charge in [0, 0.05) is 16.1 Å². The molecule has 0 radical (unpaired) electrons. The molecule has 0 aliphatic rings. The van der Waals surface area contributed by atoms with E-state index in [1.54, 1.807) is 6.07 Å². The molecule has 72 valence electrons. The average molecular weight is 218 g/mol. The number of aryl methyl sites for hydroxylation is 1. The van der Waals surface area contributed by atoms with Gasteiger partial charge >= 0.3 is 0 Å². The number of hydrogen-bond donors (Lipinski definition) is 1. The first kappa shape index (κ1) is 10.8. The molecule has 0 aliphatic carbocycles. The van der Waals surface area contributed by atoms with Gasteiger partial charge < -0.3 is 5.73 Å². The SMILES string of the molecule is CC(N)CCc1ccc(Cl)cc1Cl. The quantitative estimate of drug-likeness (QED) is 0.827. The summed E-state index contributed by atoms with van der Waals surface area (Å²) in [5, 5.41) is 1.41. The van der Waals surface area contributed by atoms with Crippen LogP contribution >= 0.6 is 23.2 Å². The Balaban J connectivity index is 2.67. The summed E-state index contributed by atoms with van der Waals surface area (Å²) in [6.45, 7) is 1.99. The molecule has 1 aromatic carbocycles. The van der Waals surface area contributed by atoms with Crippen LogP contribution in [0.2, 0.25) is 10.0 Å². The second-order valence-corrected chi connectivity index (χ2v) is 4.10. The third-order valence-corrected chi connectivity index (χ3v) is 2.47. The molecule has 0 saturated carbocycles. The molecule has 0 amide bonds. The summed E-state index contributed by atoms with van der Waals surface area (Å²) in [5.74, 6) is 0. The first-order chi connectivity index (χ1) is 6.09. The van der Waals surface area contributed by atoms with Crippen LogP contribution in [-0.2, 0) is 6.42 Å². The van der Waals surface area contributed by atoms with Crippen molar-refractivity contribution in [2.45, 2.75) is 25.8 Å². The van der Waals surface area contributed by atoms with Crippen LogP contribution in [0.5, 0.6) is 0 Å². The Labute approximate surface area is 88.8 Å². The zero-order valence-electron chi connectivity index (χ0n) is 7.56. The van der Waals surface area contributed by atoms with Crippen molar-refractivity contribution < 1.29 is 0 Å². The van der Waals surface area contributed by atoms with E-state index in [0.717, 1.165) is 23.4 Å². The van der Waals surface area contributed by atoms with Crippen LogP contribution in [0.4, 0.5) is 0 Å². The topological polar surface area (TPSA) is 26.0 Å². The lowest BCUT2D eigenvalue weighted by molar-refractivity contribution is 0.666. The van der Waals surface area contributed by atoms with Crippen molar-refractivity contribution in [1.82, 2.24) is 0 Å². The minimum atomic E-state index is 0.215. The van der Waals surface area contributed by atoms with Gasteiger partial charge in [0.25, 0.3) is 0 Å². The van der Waals surface area contributed by atoms with Gasteiger partial charge in [-0.25, -0.2) is 0 Å². The first-order valence-electron chi connectivity index (χ1n) is 4.29. The fourth-order valence-corrected chi connectivity index (χ4v) is 1.61. The van der Waals surface area contributed by atoms with Gasteiger partial charge in [-0.2, -0.15) is 0 Å². The van der Waals surface area contributed by atoms with Gasteiger partial charge in [0.2, 0.25) is 0 Å². The van der Waals surface area contributed by atoms with Crippen molar-refractivity contribution in [3.8, 4) is 0 Å². The molecule has 0 aliphatic heterocycles. The Kier molecular flexibility index (Phi) is 4.04. The van der Waals surface area contributed by atoms with Crippen molar-refractivity contribution in [1.29, 1.82) is 0 Å². The predicted octanol–water partition coefficient (Wildman–Crippen LogP) is 3.27. The van der Waals surface area contributed by atoms with Crippen molar-refractivity contribution in [2.75, 3.05) is 0 Å². The van der Waals surface area contributed by atoms with Gasteiger partial charge in [-0.15, -0.1) is 0 Å². The van der Waals surface area contributed by atoms with Gasteiger partial charge in [0.05, 0.1) is 0 Å². The molecular formula is C10H13Cl2N. The molecular weight excluding hydrogens is 205 g/mol. The van der Waals surface area contributed by atoms with Crippen molar-refractivity contribution in [3.05, 3.63) is 33.8 Å². The van der Waals surface area contributed by atoms with E-state index in [4.69, 9.17) is 28.9 Å². The summed E-state index contributed by atoms with van der Waals surface area (Å²) in [5.41, 5.74) is 6.77. The Morgan fingerprint density at radius 3 is 2.62 bits per heavy atom. The maximum Gasteiger partial charge on any atom is 0.0452 e. The molecule has 1 atom stereocenters. The summed E-state index contributed by atoms with van der Waals surface area (Å²) < 4.78 is 0. The largest absolute Gasteiger partial charge is 0.328 e. The molecule has 1 rings (SSSR count). The fraction of sp³-hybridized carbons (Fsp3) is 0.400. The summed E-state index contributed by atoms with van der Waals surface area (Å²) >= 11 is 11.8. The van der Waals surface area contributed by atoms with Crippen molar-refractivity contribution >= 4 is 23.2 Å². The van der Waals surface area contributed by atoms with Crippen LogP contribution in [-0.4, -0.2) is 6.04 Å². The molecule has 1 aromatic rings. The molecule has 3 heteroatoms. The lowest BCUT2D eigenvalue weighted by Gasteiger charge is -2.06. The Bertz CT molecular complexity index is 284. The predicted molar refractivity (Wildman–Crippen MR) is 58.4 cm³/mol. The van der Waals surface area contributed by atoms with Crippen LogP contribution in [0, 0.1) is 0 Å². The van der Waals surface area contributed by atoms with E-state index in [2.05, 4.69) is 0 Å². The number of nitrogens with two attached hydrogens (primary N) is 1. The number of benzene rings is 1. The highest BCUT2D eigenvalue weighted by Crippen LogP contribution is 2.22. The van der Waals surface area contributed by atoms with E-state index in [-0.39, 0.29) is 6.04 Å². The van der Waals surface area contributed by atoms with E-state index < -0.39 is 0 Å². The molecule has 0 spiro atoms. The number of hydrogen-bond acceptors (Lipinski definition) is 1. The number of halogens is 2. The van der Waals surface area contributed by atoms with E-state index in [9.17, 15) is 0 Å². The van der Waals surface area contributed by atoms with E-state index in [1.807, 2.05) is 19.1 Å². The van der Waals surface area contributed by atoms with Crippen LogP contribution in [0.25, 0.3) is 0 Å². The first-order valence-corrected chi connectivity index (χ1v) is 5.04. The smallest absolute Gasteiger partial charge is 0.0452 e. The summed E-state index contributed by atoms with van der Waals surface area (Å²) in [4.78, 5) is 0. The second kappa shape index (κ2) is 4.85. The average Bonchev–Trinajstić information content (AvgIpc) is 2.02. The normalized spacial score (nSPS) is 12.9.